The third kappa shape index (κ3) is 3.62. The van der Waals surface area contributed by atoms with Crippen LogP contribution >= 0.6 is 0 Å². The predicted octanol–water partition coefficient (Wildman–Crippen LogP) is 4.36. The fourth-order valence-electron chi connectivity index (χ4n) is 3.79. The molecular weight excluding hydrogens is 378 g/mol. The van der Waals surface area contributed by atoms with Gasteiger partial charge >= 0.3 is 0 Å². The van der Waals surface area contributed by atoms with Crippen LogP contribution in [0.2, 0.25) is 0 Å². The van der Waals surface area contributed by atoms with Gasteiger partial charge in [0.2, 0.25) is 0 Å². The van der Waals surface area contributed by atoms with E-state index in [0.29, 0.717) is 30.2 Å². The third-order valence-corrected chi connectivity index (χ3v) is 5.28. The van der Waals surface area contributed by atoms with Crippen molar-refractivity contribution < 1.29 is 9.47 Å². The second-order valence-corrected chi connectivity index (χ2v) is 8.15. The fourth-order valence-corrected chi connectivity index (χ4v) is 3.79. The monoisotopic (exact) mass is 403 g/mol. The Bertz CT molecular complexity index is 1140. The SMILES string of the molecule is COc1ccc(Nc2nc(-n3nc(C)cc3C)c3c(c2C#N)CC(C)(C)OC3)cc1. The zero-order valence-electron chi connectivity index (χ0n) is 17.9. The van der Waals surface area contributed by atoms with Gasteiger partial charge < -0.3 is 14.8 Å². The normalized spacial score (nSPS) is 14.7. The maximum Gasteiger partial charge on any atom is 0.161 e. The quantitative estimate of drug-likeness (QED) is 0.697. The highest BCUT2D eigenvalue weighted by molar-refractivity contribution is 5.69. The number of nitrogens with one attached hydrogen (secondary N) is 1. The fraction of sp³-hybridized carbons (Fsp3) is 0.348. The minimum absolute atomic E-state index is 0.357. The number of hydrogen-bond donors (Lipinski definition) is 1. The van der Waals surface area contributed by atoms with E-state index in [4.69, 9.17) is 14.5 Å². The summed E-state index contributed by atoms with van der Waals surface area (Å²) in [7, 11) is 1.63. The lowest BCUT2D eigenvalue weighted by molar-refractivity contribution is -0.0403. The van der Waals surface area contributed by atoms with Gasteiger partial charge in [-0.25, -0.2) is 9.67 Å². The van der Waals surface area contributed by atoms with Crippen molar-refractivity contribution in [3.8, 4) is 17.6 Å². The Morgan fingerprint density at radius 2 is 1.93 bits per heavy atom. The molecule has 7 heteroatoms. The number of anilines is 2. The molecule has 0 bridgehead atoms. The Morgan fingerprint density at radius 3 is 2.53 bits per heavy atom. The molecule has 0 aliphatic carbocycles. The first-order valence-electron chi connectivity index (χ1n) is 9.86. The summed E-state index contributed by atoms with van der Waals surface area (Å²) in [5.74, 6) is 1.98. The van der Waals surface area contributed by atoms with E-state index in [1.54, 1.807) is 7.11 Å². The molecule has 30 heavy (non-hydrogen) atoms. The van der Waals surface area contributed by atoms with Gasteiger partial charge in [0.15, 0.2) is 11.6 Å². The lowest BCUT2D eigenvalue weighted by atomic mass is 9.89. The Labute approximate surface area is 176 Å². The predicted molar refractivity (Wildman–Crippen MR) is 114 cm³/mol. The minimum atomic E-state index is -0.357. The first kappa shape index (κ1) is 19.9. The molecule has 1 N–H and O–H groups in total. The maximum atomic E-state index is 10.0. The van der Waals surface area contributed by atoms with Gasteiger partial charge in [-0.3, -0.25) is 0 Å². The molecule has 0 saturated carbocycles. The number of hydrogen-bond acceptors (Lipinski definition) is 6. The van der Waals surface area contributed by atoms with Gasteiger partial charge in [-0.1, -0.05) is 0 Å². The summed E-state index contributed by atoms with van der Waals surface area (Å²) >= 11 is 0. The molecule has 1 aromatic carbocycles. The molecule has 0 radical (unpaired) electrons. The zero-order valence-corrected chi connectivity index (χ0v) is 17.9. The maximum absolute atomic E-state index is 10.0. The standard InChI is InChI=1S/C23H25N5O2/c1-14-10-15(2)28(27-14)22-20-13-30-23(3,4)11-18(20)19(12-24)21(26-22)25-16-6-8-17(29-5)9-7-16/h6-10H,11,13H2,1-5H3,(H,25,26). The molecule has 0 atom stereocenters. The molecule has 1 aliphatic heterocycles. The molecule has 0 fully saturated rings. The Hall–Kier alpha value is -3.37. The van der Waals surface area contributed by atoms with E-state index in [1.165, 1.54) is 0 Å². The van der Waals surface area contributed by atoms with Gasteiger partial charge in [0.05, 0.1) is 30.6 Å². The Morgan fingerprint density at radius 1 is 1.20 bits per heavy atom. The van der Waals surface area contributed by atoms with Crippen LogP contribution in [0.25, 0.3) is 5.82 Å². The summed E-state index contributed by atoms with van der Waals surface area (Å²) in [6.45, 7) is 8.42. The van der Waals surface area contributed by atoms with Gasteiger partial charge in [-0.05, 0) is 63.6 Å². The number of nitriles is 1. The molecule has 3 heterocycles. The van der Waals surface area contributed by atoms with Crippen LogP contribution in [-0.2, 0) is 17.8 Å². The molecular formula is C23H25N5O2. The van der Waals surface area contributed by atoms with Crippen LogP contribution in [0.15, 0.2) is 30.3 Å². The lowest BCUT2D eigenvalue weighted by Crippen LogP contribution is -2.33. The van der Waals surface area contributed by atoms with E-state index in [1.807, 2.05) is 62.7 Å². The largest absolute Gasteiger partial charge is 0.497 e. The summed E-state index contributed by atoms with van der Waals surface area (Å²) in [5, 5.41) is 18.0. The number of methoxy groups -OCH3 is 1. The van der Waals surface area contributed by atoms with E-state index in [2.05, 4.69) is 16.5 Å². The van der Waals surface area contributed by atoms with Crippen molar-refractivity contribution in [2.24, 2.45) is 0 Å². The molecule has 0 spiro atoms. The Kier molecular flexibility index (Phi) is 4.96. The van der Waals surface area contributed by atoms with Crippen molar-refractivity contribution in [2.75, 3.05) is 12.4 Å². The number of rotatable bonds is 4. The molecule has 4 rings (SSSR count). The molecule has 2 aromatic heterocycles. The van der Waals surface area contributed by atoms with E-state index in [-0.39, 0.29) is 5.60 Å². The molecule has 154 valence electrons. The molecule has 3 aromatic rings. The van der Waals surface area contributed by atoms with E-state index in [9.17, 15) is 5.26 Å². The number of benzene rings is 1. The summed E-state index contributed by atoms with van der Waals surface area (Å²) in [4.78, 5) is 4.84. The minimum Gasteiger partial charge on any atom is -0.497 e. The molecule has 0 unspecified atom stereocenters. The average molecular weight is 403 g/mol. The zero-order chi connectivity index (χ0) is 21.5. The van der Waals surface area contributed by atoms with Crippen LogP contribution in [0.4, 0.5) is 11.5 Å². The van der Waals surface area contributed by atoms with E-state index < -0.39 is 0 Å². The average Bonchev–Trinajstić information content (AvgIpc) is 3.05. The van der Waals surface area contributed by atoms with Gasteiger partial charge in [0.25, 0.3) is 0 Å². The van der Waals surface area contributed by atoms with Crippen LogP contribution in [0.1, 0.15) is 41.9 Å². The van der Waals surface area contributed by atoms with Crippen molar-refractivity contribution in [1.82, 2.24) is 14.8 Å². The molecule has 7 nitrogen and oxygen atoms in total. The number of fused-ring (bicyclic) bond motifs is 1. The second kappa shape index (κ2) is 7.47. The summed E-state index contributed by atoms with van der Waals surface area (Å²) in [6.07, 6.45) is 0.622. The highest BCUT2D eigenvalue weighted by Gasteiger charge is 2.32. The van der Waals surface area contributed by atoms with Crippen LogP contribution < -0.4 is 10.1 Å². The van der Waals surface area contributed by atoms with Crippen LogP contribution in [0, 0.1) is 25.2 Å². The highest BCUT2D eigenvalue weighted by Crippen LogP contribution is 2.36. The Balaban J connectivity index is 1.89. The van der Waals surface area contributed by atoms with E-state index in [0.717, 1.165) is 34.0 Å². The number of aromatic nitrogens is 3. The van der Waals surface area contributed by atoms with Gasteiger partial charge in [0.1, 0.15) is 11.8 Å². The third-order valence-electron chi connectivity index (χ3n) is 5.28. The number of aryl methyl sites for hydroxylation is 2. The highest BCUT2D eigenvalue weighted by atomic mass is 16.5. The number of ether oxygens (including phenoxy) is 2. The van der Waals surface area contributed by atoms with Crippen LogP contribution in [0.5, 0.6) is 5.75 Å². The second-order valence-electron chi connectivity index (χ2n) is 8.15. The first-order valence-corrected chi connectivity index (χ1v) is 9.86. The van der Waals surface area contributed by atoms with Crippen LogP contribution in [0.3, 0.4) is 0 Å². The van der Waals surface area contributed by atoms with Crippen molar-refractivity contribution in [3.63, 3.8) is 0 Å². The van der Waals surface area contributed by atoms with Gasteiger partial charge in [-0.15, -0.1) is 0 Å². The van der Waals surface area contributed by atoms with Crippen molar-refractivity contribution in [3.05, 3.63) is 58.4 Å². The summed E-state index contributed by atoms with van der Waals surface area (Å²) in [6, 6.07) is 11.9. The molecule has 0 saturated heterocycles. The van der Waals surface area contributed by atoms with Gasteiger partial charge in [0, 0.05) is 23.4 Å². The van der Waals surface area contributed by atoms with Gasteiger partial charge in [-0.2, -0.15) is 10.4 Å². The smallest absolute Gasteiger partial charge is 0.161 e. The topological polar surface area (TPSA) is 85.0 Å². The molecule has 0 amide bonds. The van der Waals surface area contributed by atoms with Crippen LogP contribution in [-0.4, -0.2) is 27.5 Å². The lowest BCUT2D eigenvalue weighted by Gasteiger charge is -2.33. The van der Waals surface area contributed by atoms with E-state index >= 15 is 0 Å². The summed E-state index contributed by atoms with van der Waals surface area (Å²) in [5.41, 5.74) is 4.78. The van der Waals surface area contributed by atoms with Crippen molar-refractivity contribution >= 4 is 11.5 Å². The first-order chi connectivity index (χ1) is 14.3. The number of nitrogens with zero attached hydrogens (tertiary/aromatic N) is 4. The molecule has 1 aliphatic rings. The number of pyridine rings is 1. The summed E-state index contributed by atoms with van der Waals surface area (Å²) < 4.78 is 13.1. The van der Waals surface area contributed by atoms with Crippen molar-refractivity contribution in [1.29, 1.82) is 5.26 Å². The van der Waals surface area contributed by atoms with Crippen molar-refractivity contribution in [2.45, 2.75) is 46.3 Å².